The molecular formula is C22H29N3O. The van der Waals surface area contributed by atoms with Gasteiger partial charge in [0.25, 0.3) is 0 Å². The fourth-order valence-electron chi connectivity index (χ4n) is 6.23. The van der Waals surface area contributed by atoms with E-state index in [1.807, 2.05) is 25.3 Å². The van der Waals surface area contributed by atoms with Crippen LogP contribution in [0, 0.1) is 23.7 Å². The number of carbonyl (C=O) groups is 1. The summed E-state index contributed by atoms with van der Waals surface area (Å²) >= 11 is 0. The molecular weight excluding hydrogens is 322 g/mol. The summed E-state index contributed by atoms with van der Waals surface area (Å²) in [5.74, 6) is 3.21. The number of hydrogen-bond donors (Lipinski definition) is 3. The zero-order valence-corrected chi connectivity index (χ0v) is 15.5. The van der Waals surface area contributed by atoms with Gasteiger partial charge in [-0.1, -0.05) is 18.2 Å². The summed E-state index contributed by atoms with van der Waals surface area (Å²) in [7, 11) is 0. The van der Waals surface area contributed by atoms with Crippen LogP contribution in [-0.4, -0.2) is 22.5 Å². The van der Waals surface area contributed by atoms with E-state index in [4.69, 9.17) is 5.73 Å². The molecule has 1 unspecified atom stereocenters. The minimum Gasteiger partial charge on any atom is -0.361 e. The molecule has 6 rings (SSSR count). The molecule has 0 aliphatic heterocycles. The molecule has 4 fully saturated rings. The first-order valence-electron chi connectivity index (χ1n) is 10.1. The fraction of sp³-hybridized carbons (Fsp3) is 0.591. The third-order valence-corrected chi connectivity index (χ3v) is 7.28. The summed E-state index contributed by atoms with van der Waals surface area (Å²) in [6.07, 6.45) is 9.21. The van der Waals surface area contributed by atoms with Crippen LogP contribution in [-0.2, 0) is 11.2 Å². The van der Waals surface area contributed by atoms with Gasteiger partial charge in [-0.05, 0) is 74.3 Å². The third-order valence-electron chi connectivity index (χ3n) is 7.28. The molecule has 4 bridgehead atoms. The second-order valence-electron chi connectivity index (χ2n) is 9.38. The Labute approximate surface area is 154 Å². The summed E-state index contributed by atoms with van der Waals surface area (Å²) in [5.41, 5.74) is 7.84. The topological polar surface area (TPSA) is 70.9 Å². The van der Waals surface area contributed by atoms with E-state index < -0.39 is 5.54 Å². The maximum Gasteiger partial charge on any atom is 0.240 e. The summed E-state index contributed by atoms with van der Waals surface area (Å²) in [5, 5.41) is 4.55. The van der Waals surface area contributed by atoms with E-state index >= 15 is 0 Å². The lowest BCUT2D eigenvalue weighted by atomic mass is 9.54. The predicted octanol–water partition coefficient (Wildman–Crippen LogP) is 3.37. The highest BCUT2D eigenvalue weighted by atomic mass is 16.2. The van der Waals surface area contributed by atoms with Crippen molar-refractivity contribution in [3.8, 4) is 0 Å². The van der Waals surface area contributed by atoms with Crippen molar-refractivity contribution in [3.05, 3.63) is 36.0 Å². The molecule has 1 heterocycles. The van der Waals surface area contributed by atoms with Crippen molar-refractivity contribution in [1.82, 2.24) is 10.3 Å². The van der Waals surface area contributed by atoms with Crippen molar-refractivity contribution < 1.29 is 4.79 Å². The van der Waals surface area contributed by atoms with Crippen LogP contribution >= 0.6 is 0 Å². The van der Waals surface area contributed by atoms with E-state index in [0.717, 1.165) is 28.3 Å². The van der Waals surface area contributed by atoms with Gasteiger partial charge in [-0.25, -0.2) is 0 Å². The molecule has 4 nitrogen and oxygen atoms in total. The van der Waals surface area contributed by atoms with Gasteiger partial charge in [0, 0.05) is 29.6 Å². The first-order valence-corrected chi connectivity index (χ1v) is 10.1. The number of rotatable bonds is 4. The van der Waals surface area contributed by atoms with E-state index in [9.17, 15) is 4.79 Å². The standard InChI is InChI=1S/C22H29N3O/c1-22(23,11-17-12-24-19-5-3-2-4-18(17)19)21(26)25-20-15-7-13-6-14(9-15)10-16(20)8-13/h2-5,12-16,20,24H,6-11,23H2,1H3,(H,25,26). The van der Waals surface area contributed by atoms with Gasteiger partial charge in [0.15, 0.2) is 0 Å². The first-order chi connectivity index (χ1) is 12.5. The van der Waals surface area contributed by atoms with Gasteiger partial charge >= 0.3 is 0 Å². The fourth-order valence-corrected chi connectivity index (χ4v) is 6.23. The van der Waals surface area contributed by atoms with Gasteiger partial charge in [0.2, 0.25) is 5.91 Å². The number of H-pyrrole nitrogens is 1. The van der Waals surface area contributed by atoms with E-state index in [1.165, 1.54) is 32.1 Å². The SMILES string of the molecule is CC(N)(Cc1c[nH]c2ccccc12)C(=O)NC1C2CC3CC(C2)CC1C3. The largest absolute Gasteiger partial charge is 0.361 e. The van der Waals surface area contributed by atoms with Crippen molar-refractivity contribution in [1.29, 1.82) is 0 Å². The zero-order chi connectivity index (χ0) is 17.9. The Hall–Kier alpha value is -1.81. The Morgan fingerprint density at radius 3 is 2.50 bits per heavy atom. The normalized spacial score (nSPS) is 34.8. The van der Waals surface area contributed by atoms with Crippen molar-refractivity contribution in [2.45, 2.75) is 57.0 Å². The molecule has 2 aromatic rings. The first kappa shape index (κ1) is 16.4. The number of amides is 1. The highest BCUT2D eigenvalue weighted by Gasteiger charge is 2.49. The highest BCUT2D eigenvalue weighted by Crippen LogP contribution is 2.53. The van der Waals surface area contributed by atoms with Gasteiger partial charge in [-0.2, -0.15) is 0 Å². The van der Waals surface area contributed by atoms with E-state index in [0.29, 0.717) is 24.3 Å². The zero-order valence-electron chi connectivity index (χ0n) is 15.5. The monoisotopic (exact) mass is 351 g/mol. The molecule has 4 saturated carbocycles. The number of fused-ring (bicyclic) bond motifs is 1. The van der Waals surface area contributed by atoms with E-state index in [1.54, 1.807) is 0 Å². The third kappa shape index (κ3) is 2.66. The summed E-state index contributed by atoms with van der Waals surface area (Å²) in [6.45, 7) is 1.88. The summed E-state index contributed by atoms with van der Waals surface area (Å²) in [6, 6.07) is 8.54. The number of aromatic amines is 1. The number of aromatic nitrogens is 1. The molecule has 26 heavy (non-hydrogen) atoms. The van der Waals surface area contributed by atoms with E-state index in [2.05, 4.69) is 22.4 Å². The molecule has 1 atom stereocenters. The Balaban J connectivity index is 1.31. The maximum atomic E-state index is 13.1. The molecule has 0 spiro atoms. The Bertz CT molecular complexity index is 809. The number of nitrogens with one attached hydrogen (secondary N) is 2. The number of para-hydroxylation sites is 1. The molecule has 4 aliphatic rings. The molecule has 0 radical (unpaired) electrons. The average Bonchev–Trinajstić information content (AvgIpc) is 3.00. The second-order valence-corrected chi connectivity index (χ2v) is 9.38. The summed E-state index contributed by atoms with van der Waals surface area (Å²) < 4.78 is 0. The van der Waals surface area contributed by atoms with Crippen LogP contribution in [0.25, 0.3) is 10.9 Å². The van der Waals surface area contributed by atoms with Gasteiger partial charge < -0.3 is 16.0 Å². The molecule has 4 heteroatoms. The Morgan fingerprint density at radius 1 is 1.15 bits per heavy atom. The van der Waals surface area contributed by atoms with Crippen LogP contribution in [0.15, 0.2) is 30.5 Å². The molecule has 1 amide bonds. The van der Waals surface area contributed by atoms with Crippen LogP contribution in [0.3, 0.4) is 0 Å². The van der Waals surface area contributed by atoms with Gasteiger partial charge in [0.05, 0.1) is 5.54 Å². The predicted molar refractivity (Wildman–Crippen MR) is 104 cm³/mol. The molecule has 1 aromatic carbocycles. The molecule has 138 valence electrons. The summed E-state index contributed by atoms with van der Waals surface area (Å²) in [4.78, 5) is 16.4. The lowest BCUT2D eigenvalue weighted by molar-refractivity contribution is -0.129. The Morgan fingerprint density at radius 2 is 1.81 bits per heavy atom. The minimum atomic E-state index is -0.889. The van der Waals surface area contributed by atoms with Gasteiger partial charge in [-0.3, -0.25) is 4.79 Å². The average molecular weight is 351 g/mol. The number of carbonyl (C=O) groups excluding carboxylic acids is 1. The molecule has 0 saturated heterocycles. The van der Waals surface area contributed by atoms with Crippen LogP contribution in [0.4, 0.5) is 0 Å². The van der Waals surface area contributed by atoms with Crippen molar-refractivity contribution in [2.24, 2.45) is 29.4 Å². The minimum absolute atomic E-state index is 0.0141. The van der Waals surface area contributed by atoms with Crippen LogP contribution in [0.2, 0.25) is 0 Å². The molecule has 4 N–H and O–H groups in total. The maximum absolute atomic E-state index is 13.1. The second kappa shape index (κ2) is 5.85. The van der Waals surface area contributed by atoms with E-state index in [-0.39, 0.29) is 5.91 Å². The van der Waals surface area contributed by atoms with Gasteiger partial charge in [0.1, 0.15) is 0 Å². The van der Waals surface area contributed by atoms with Crippen molar-refractivity contribution >= 4 is 16.8 Å². The molecule has 4 aliphatic carbocycles. The van der Waals surface area contributed by atoms with Crippen molar-refractivity contribution in [2.75, 3.05) is 0 Å². The number of benzene rings is 1. The van der Waals surface area contributed by atoms with Crippen LogP contribution in [0.1, 0.15) is 44.6 Å². The lowest BCUT2D eigenvalue weighted by Gasteiger charge is -2.54. The quantitative estimate of drug-likeness (QED) is 0.790. The number of hydrogen-bond acceptors (Lipinski definition) is 2. The Kier molecular flexibility index (Phi) is 3.68. The van der Waals surface area contributed by atoms with Crippen LogP contribution in [0.5, 0.6) is 0 Å². The number of nitrogens with two attached hydrogens (primary N) is 1. The van der Waals surface area contributed by atoms with Crippen molar-refractivity contribution in [3.63, 3.8) is 0 Å². The van der Waals surface area contributed by atoms with Crippen LogP contribution < -0.4 is 11.1 Å². The van der Waals surface area contributed by atoms with Gasteiger partial charge in [-0.15, -0.1) is 0 Å². The lowest BCUT2D eigenvalue weighted by Crippen LogP contribution is -2.61. The highest BCUT2D eigenvalue weighted by molar-refractivity contribution is 5.88. The molecule has 1 aromatic heterocycles. The smallest absolute Gasteiger partial charge is 0.240 e.